The molecule has 2 rings (SSSR count). The molecular formula is C28H42LiO7P. The molecule has 0 amide bonds. The van der Waals surface area contributed by atoms with Crippen molar-refractivity contribution >= 4 is 38.3 Å². The predicted octanol–water partition coefficient (Wildman–Crippen LogP) is 5.74. The van der Waals surface area contributed by atoms with Crippen LogP contribution in [0, 0.1) is 0 Å². The van der Waals surface area contributed by atoms with Crippen molar-refractivity contribution in [2.75, 3.05) is 21.3 Å². The van der Waals surface area contributed by atoms with Crippen molar-refractivity contribution in [2.45, 2.75) is 79.1 Å². The monoisotopic (exact) mass is 528 g/mol. The molecule has 0 N–H and O–H groups in total. The van der Waals surface area contributed by atoms with Gasteiger partial charge in [-0.25, -0.2) is 0 Å². The summed E-state index contributed by atoms with van der Waals surface area (Å²) in [6.07, 6.45) is 0. The van der Waals surface area contributed by atoms with E-state index in [4.69, 9.17) is 28.4 Å². The normalized spacial score (nSPS) is 12.1. The third kappa shape index (κ3) is 9.97. The van der Waals surface area contributed by atoms with Gasteiger partial charge in [-0.1, -0.05) is 0 Å². The van der Waals surface area contributed by atoms with Crippen molar-refractivity contribution in [3.8, 4) is 34.5 Å². The van der Waals surface area contributed by atoms with Gasteiger partial charge in [0.15, 0.2) is 5.52 Å². The first-order chi connectivity index (χ1) is 16.5. The molecule has 0 aromatic heterocycles. The molecule has 0 spiro atoms. The SMILES string of the molecule is COc1cc(OC)c(C(=O)Pc2c(OC(C)(C)C)cc(OC(C)(C)C)cc2OC(C)(C)C)c(OC)c1.[LiH]. The van der Waals surface area contributed by atoms with Crippen molar-refractivity contribution in [3.05, 3.63) is 29.8 Å². The summed E-state index contributed by atoms with van der Waals surface area (Å²) in [5, 5.41) is 0.644. The summed E-state index contributed by atoms with van der Waals surface area (Å²) < 4.78 is 35.2. The Labute approximate surface area is 235 Å². The number of benzene rings is 2. The first kappa shape index (κ1) is 33.0. The molecule has 202 valence electrons. The first-order valence-corrected chi connectivity index (χ1v) is 12.8. The van der Waals surface area contributed by atoms with Gasteiger partial charge < -0.3 is 28.4 Å². The number of ether oxygens (including phenoxy) is 6. The van der Waals surface area contributed by atoms with E-state index in [2.05, 4.69) is 0 Å². The molecule has 0 aliphatic heterocycles. The number of rotatable bonds is 9. The first-order valence-electron chi connectivity index (χ1n) is 11.8. The Morgan fingerprint density at radius 2 is 0.973 bits per heavy atom. The summed E-state index contributed by atoms with van der Waals surface area (Å²) in [4.78, 5) is 13.8. The Morgan fingerprint density at radius 1 is 0.595 bits per heavy atom. The van der Waals surface area contributed by atoms with Gasteiger partial charge in [0.2, 0.25) is 0 Å². The molecule has 0 saturated heterocycles. The van der Waals surface area contributed by atoms with Crippen LogP contribution in [0.3, 0.4) is 0 Å². The van der Waals surface area contributed by atoms with Gasteiger partial charge in [-0.3, -0.25) is 4.79 Å². The molecule has 0 bridgehead atoms. The molecule has 0 aliphatic rings. The van der Waals surface area contributed by atoms with Crippen molar-refractivity contribution in [1.29, 1.82) is 0 Å². The molecule has 0 saturated carbocycles. The van der Waals surface area contributed by atoms with Crippen LogP contribution in [-0.2, 0) is 0 Å². The molecule has 1 atom stereocenters. The van der Waals surface area contributed by atoms with Crippen LogP contribution in [0.4, 0.5) is 0 Å². The third-order valence-corrected chi connectivity index (χ3v) is 5.70. The molecule has 37 heavy (non-hydrogen) atoms. The van der Waals surface area contributed by atoms with Crippen LogP contribution in [0.25, 0.3) is 0 Å². The average Bonchev–Trinajstić information content (AvgIpc) is 2.71. The van der Waals surface area contributed by atoms with E-state index in [0.717, 1.165) is 0 Å². The second-order valence-corrected chi connectivity index (χ2v) is 12.5. The second kappa shape index (κ2) is 12.7. The molecule has 9 heteroatoms. The minimum absolute atomic E-state index is 0. The van der Waals surface area contributed by atoms with E-state index in [1.165, 1.54) is 14.2 Å². The standard InChI is InChI=1S/C28H41O7P.Li.H/c1-26(2,3)33-18-15-21(34-27(4,5)6)24(22(16-18)35-28(7,8)9)36-25(29)23-19(31-11)13-17(30-10)14-20(23)32-12;;/h13-16,36H,1-12H3;;. The van der Waals surface area contributed by atoms with Gasteiger partial charge in [0.05, 0.1) is 26.6 Å². The number of carbonyl (C=O) groups excluding carboxylic acids is 1. The van der Waals surface area contributed by atoms with Gasteiger partial charge >= 0.3 is 18.9 Å². The Kier molecular flexibility index (Phi) is 11.3. The molecule has 0 heterocycles. The van der Waals surface area contributed by atoms with Crippen molar-refractivity contribution in [1.82, 2.24) is 0 Å². The van der Waals surface area contributed by atoms with Gasteiger partial charge in [-0.05, 0) is 70.9 Å². The number of hydrogen-bond acceptors (Lipinski definition) is 7. The van der Waals surface area contributed by atoms with E-state index in [0.29, 0.717) is 45.4 Å². The zero-order valence-corrected chi connectivity index (χ0v) is 24.7. The van der Waals surface area contributed by atoms with E-state index in [-0.39, 0.29) is 33.0 Å². The summed E-state index contributed by atoms with van der Waals surface area (Å²) in [6, 6.07) is 6.98. The molecule has 1 unspecified atom stereocenters. The zero-order valence-electron chi connectivity index (χ0n) is 23.7. The average molecular weight is 529 g/mol. The Morgan fingerprint density at radius 3 is 1.30 bits per heavy atom. The fourth-order valence-electron chi connectivity index (χ4n) is 3.33. The summed E-state index contributed by atoms with van der Waals surface area (Å²) in [6.45, 7) is 17.7. The molecule has 7 nitrogen and oxygen atoms in total. The summed E-state index contributed by atoms with van der Waals surface area (Å²) in [5.41, 5.74) is -1.32. The van der Waals surface area contributed by atoms with E-state index in [9.17, 15) is 4.79 Å². The van der Waals surface area contributed by atoms with E-state index >= 15 is 0 Å². The van der Waals surface area contributed by atoms with Crippen molar-refractivity contribution < 1.29 is 33.2 Å². The number of hydrogen-bond donors (Lipinski definition) is 0. The Hall–Kier alpha value is -2.06. The van der Waals surface area contributed by atoms with Crippen LogP contribution in [0.2, 0.25) is 0 Å². The van der Waals surface area contributed by atoms with Crippen LogP contribution >= 0.6 is 8.58 Å². The maximum atomic E-state index is 13.8. The fraction of sp³-hybridized carbons (Fsp3) is 0.536. The van der Waals surface area contributed by atoms with Gasteiger partial charge in [-0.15, -0.1) is 0 Å². The molecule has 0 fully saturated rings. The fourth-order valence-corrected chi connectivity index (χ4v) is 4.42. The van der Waals surface area contributed by atoms with Crippen LogP contribution in [0.15, 0.2) is 24.3 Å². The van der Waals surface area contributed by atoms with E-state index in [1.807, 2.05) is 74.4 Å². The summed E-state index contributed by atoms with van der Waals surface area (Å²) in [5.74, 6) is 2.92. The molecule has 0 aliphatic carbocycles. The molecule has 2 aromatic carbocycles. The molecule has 2 aromatic rings. The zero-order chi connectivity index (χ0) is 27.5. The topological polar surface area (TPSA) is 72.5 Å². The van der Waals surface area contributed by atoms with Crippen LogP contribution in [0.5, 0.6) is 34.5 Å². The third-order valence-electron chi connectivity index (χ3n) is 4.48. The summed E-state index contributed by atoms with van der Waals surface area (Å²) >= 11 is 0. The number of carbonyl (C=O) groups is 1. The van der Waals surface area contributed by atoms with Gasteiger partial charge in [-0.2, -0.15) is 0 Å². The van der Waals surface area contributed by atoms with Crippen LogP contribution < -0.4 is 33.7 Å². The quantitative estimate of drug-likeness (QED) is 0.304. The minimum atomic E-state index is -0.517. The van der Waals surface area contributed by atoms with Crippen LogP contribution in [0.1, 0.15) is 72.7 Å². The van der Waals surface area contributed by atoms with Crippen molar-refractivity contribution in [3.63, 3.8) is 0 Å². The van der Waals surface area contributed by atoms with Gasteiger partial charge in [0.1, 0.15) is 56.9 Å². The molecular weight excluding hydrogens is 486 g/mol. The number of methoxy groups -OCH3 is 3. The van der Waals surface area contributed by atoms with Gasteiger partial charge in [0, 0.05) is 24.3 Å². The van der Waals surface area contributed by atoms with E-state index < -0.39 is 16.8 Å². The van der Waals surface area contributed by atoms with E-state index in [1.54, 1.807) is 19.2 Å². The Bertz CT molecular complexity index is 1020. The van der Waals surface area contributed by atoms with Crippen molar-refractivity contribution in [2.24, 2.45) is 0 Å². The summed E-state index contributed by atoms with van der Waals surface area (Å²) in [7, 11) is 4.22. The van der Waals surface area contributed by atoms with Gasteiger partial charge in [0.25, 0.3) is 0 Å². The second-order valence-electron chi connectivity index (χ2n) is 11.3. The van der Waals surface area contributed by atoms with Crippen LogP contribution in [-0.4, -0.2) is 62.5 Å². The predicted molar refractivity (Wildman–Crippen MR) is 153 cm³/mol. The maximum absolute atomic E-state index is 13.8. The Balaban J connectivity index is 0.00000684. The molecule has 0 radical (unpaired) electrons.